The van der Waals surface area contributed by atoms with E-state index < -0.39 is 0 Å². The molecule has 0 atom stereocenters. The molecule has 0 unspecified atom stereocenters. The number of phenols is 6. The Hall–Kier alpha value is -9.22. The molecule has 123 heavy (non-hydrogen) atoms. The van der Waals surface area contributed by atoms with Crippen molar-refractivity contribution in [3.05, 3.63) is 359 Å². The van der Waals surface area contributed by atoms with E-state index in [-0.39, 0.29) is 85.3 Å². The summed E-state index contributed by atoms with van der Waals surface area (Å²) in [7, 11) is 0. The molecule has 18 heteroatoms. The van der Waals surface area contributed by atoms with Crippen LogP contribution in [0.5, 0.6) is 34.5 Å². The third kappa shape index (κ3) is 38.4. The second-order valence-corrected chi connectivity index (χ2v) is 34.0. The van der Waals surface area contributed by atoms with Crippen molar-refractivity contribution in [2.75, 3.05) is 5.32 Å². The van der Waals surface area contributed by atoms with Crippen LogP contribution in [0.2, 0.25) is 0 Å². The van der Waals surface area contributed by atoms with E-state index in [0.29, 0.717) is 46.3 Å². The van der Waals surface area contributed by atoms with Crippen LogP contribution in [-0.4, -0.2) is 30.6 Å². The minimum Gasteiger partial charge on any atom is -1.00 e. The molecule has 12 aromatic carbocycles. The summed E-state index contributed by atoms with van der Waals surface area (Å²) in [4.78, 5) is 0. The van der Waals surface area contributed by atoms with Crippen molar-refractivity contribution in [3.63, 3.8) is 0 Å². The van der Waals surface area contributed by atoms with Gasteiger partial charge in [-0.05, 0) is 178 Å². The Morgan fingerprint density at radius 3 is 0.846 bits per heavy atom. The lowest BCUT2D eigenvalue weighted by atomic mass is 9.79. The molecule has 0 aliphatic rings. The van der Waals surface area contributed by atoms with E-state index in [0.717, 1.165) is 115 Å². The van der Waals surface area contributed by atoms with Gasteiger partial charge in [0.05, 0.1) is 0 Å². The van der Waals surface area contributed by atoms with Gasteiger partial charge in [-0.25, -0.2) is 0 Å². The van der Waals surface area contributed by atoms with Crippen molar-refractivity contribution < 1.29 is 119 Å². The largest absolute Gasteiger partial charge is 1.00 e. The zero-order valence-corrected chi connectivity index (χ0v) is 80.6. The maximum atomic E-state index is 10.8. The molecule has 0 aliphatic heterocycles. The van der Waals surface area contributed by atoms with Gasteiger partial charge < -0.3 is 125 Å². The summed E-state index contributed by atoms with van der Waals surface area (Å²) in [5, 5.41) is 74.0. The number of hydrogen-bond donors (Lipinski definition) is 12. The monoisotopic (exact) mass is 1790 g/mol. The van der Waals surface area contributed by atoms with Crippen LogP contribution in [0.1, 0.15) is 212 Å². The Morgan fingerprint density at radius 2 is 0.553 bits per heavy atom. The van der Waals surface area contributed by atoms with Crippen molar-refractivity contribution >= 4 is 40.8 Å². The Bertz CT molecular complexity index is 4820. The molecule has 12 rings (SSSR count). The van der Waals surface area contributed by atoms with Crippen molar-refractivity contribution in [3.8, 4) is 34.5 Å². The van der Waals surface area contributed by atoms with Crippen molar-refractivity contribution in [2.24, 2.45) is 0 Å². The molecule has 0 spiro atoms. The van der Waals surface area contributed by atoms with Gasteiger partial charge >= 0.3 is 0 Å². The highest BCUT2D eigenvalue weighted by Gasteiger charge is 2.28. The topological polar surface area (TPSA) is 216 Å². The summed E-state index contributed by atoms with van der Waals surface area (Å²) in [6, 6.07) is 82.9. The first kappa shape index (κ1) is 112. The van der Waals surface area contributed by atoms with Gasteiger partial charge in [-0.1, -0.05) is 262 Å². The lowest BCUT2D eigenvalue weighted by Crippen LogP contribution is -3.00. The number of quaternary nitrogens is 5. The number of nitrogens with two attached hydrogens (primary N) is 5. The minimum atomic E-state index is -0.0855. The molecular formula is C105H138Cl6N6O6. The number of benzene rings is 12. The van der Waals surface area contributed by atoms with Gasteiger partial charge in [-0.15, -0.1) is 12.4 Å². The van der Waals surface area contributed by atoms with Gasteiger partial charge in [0.15, 0.2) is 0 Å². The summed E-state index contributed by atoms with van der Waals surface area (Å²) in [6.07, 6.45) is 1.73. The fourth-order valence-corrected chi connectivity index (χ4v) is 13.3. The number of aromatic hydroxyl groups is 6. The van der Waals surface area contributed by atoms with Crippen LogP contribution in [0.25, 0.3) is 0 Å². The molecule has 0 aliphatic carbocycles. The molecule has 0 saturated carbocycles. The zero-order chi connectivity index (χ0) is 85.5. The van der Waals surface area contributed by atoms with Gasteiger partial charge in [0, 0.05) is 105 Å². The molecule has 666 valence electrons. The lowest BCUT2D eigenvalue weighted by Gasteiger charge is -2.27. The molecule has 12 nitrogen and oxygen atoms in total. The fraction of sp³-hybridized carbons (Fsp3) is 0.314. The number of phenolic OH excluding ortho intramolecular Hbond substituents is 6. The first-order chi connectivity index (χ1) is 55.5. The SMILES string of the molecule is CCc1cc([NH2+]Cc2ccc(C)cc2)cc(CC)c1O.Cc1ccc(CNc2cc(C(C)C)c(O)c(C(C)C)c2)cc1.Cc1ccc(C[NH2+]Cc2ccc(O)cc2)cc1.Cc1ccc(C[NH2+]c2cc(C(C)(C)C)c(O)c(C(C)(C)C)c2)cc1.Cc1ccc(C[NH2+]c2cc(C)c(O)c(C)c2)cc1.Cc1ccc(C[NH2+]c2ccc(O)cc2)cc1.Cl.[Cl-].[Cl-].[Cl-].[Cl-].[Cl-]. The van der Waals surface area contributed by atoms with E-state index in [9.17, 15) is 25.5 Å². The summed E-state index contributed by atoms with van der Waals surface area (Å²) < 4.78 is 0. The molecule has 0 radical (unpaired) electrons. The number of aryl methyl sites for hydroxylation is 10. The number of anilines is 1. The van der Waals surface area contributed by atoms with Crippen LogP contribution < -0.4 is 93.9 Å². The number of nitrogens with one attached hydrogen (secondary N) is 1. The Labute approximate surface area is 773 Å². The van der Waals surface area contributed by atoms with Crippen LogP contribution in [-0.2, 0) is 69.5 Å². The second kappa shape index (κ2) is 55.2. The van der Waals surface area contributed by atoms with Crippen LogP contribution >= 0.6 is 12.4 Å². The van der Waals surface area contributed by atoms with Crippen molar-refractivity contribution in [2.45, 2.75) is 220 Å². The minimum absolute atomic E-state index is 0. The first-order valence-corrected chi connectivity index (χ1v) is 41.7. The molecule has 17 N–H and O–H groups in total. The van der Waals surface area contributed by atoms with Crippen molar-refractivity contribution in [1.29, 1.82) is 0 Å². The van der Waals surface area contributed by atoms with E-state index in [4.69, 9.17) is 5.11 Å². The molecule has 0 aromatic heterocycles. The summed E-state index contributed by atoms with van der Waals surface area (Å²) in [5.74, 6) is 3.02. The molecule has 12 aromatic rings. The number of hydrogen-bond acceptors (Lipinski definition) is 7. The Balaban J connectivity index is 0.000000734. The predicted octanol–water partition coefficient (Wildman–Crippen LogP) is 5.69. The third-order valence-corrected chi connectivity index (χ3v) is 20.8. The van der Waals surface area contributed by atoms with Crippen LogP contribution in [0.3, 0.4) is 0 Å². The van der Waals surface area contributed by atoms with Gasteiger partial charge in [0.1, 0.15) is 96.5 Å². The standard InChI is InChI=1S/C22H31NO.C20H27NO.C18H23NO.C16H19NO.C15H17NO.C14H15NO.6ClH/c1-15-8-10-16(11-9-15)14-23-17-12-18(21(2,3)4)20(24)19(13-17)22(5,6)7;1-13(2)18-10-17(11-19(14(3)4)20(18)22)21-12-16-8-6-15(5)7-9-16;1-4-15-10-17(11-16(5-2)18(15)20)19-12-14-8-6-13(3)7-9-14;1-11-4-6-14(7-5-11)10-17-15-8-12(2)16(18)13(3)9-15;1-12-2-4-13(5-3-12)10-16-11-14-6-8-15(17)9-7-14;1-11-2-4-12(5-3-11)10-15-13-6-8-14(16)9-7-13;;;;;;/h8-13,23-24H,14H2,1-7H3;6-11,13-14,21-22H,12H2,1-5H3;6-11,19-20H,4-5,12H2,1-3H3;4-9,17-18H,10H2,1-3H3;2-9,16-17H,10-11H2,1H3;2-9,15-16H,10H2,1H3;6*1H. The van der Waals surface area contributed by atoms with E-state index >= 15 is 0 Å². The number of rotatable bonds is 23. The normalized spacial score (nSPS) is 10.5. The maximum Gasteiger partial charge on any atom is 0.130 e. The van der Waals surface area contributed by atoms with Crippen LogP contribution in [0, 0.1) is 55.4 Å². The fourth-order valence-electron chi connectivity index (χ4n) is 13.3. The molecule has 0 bridgehead atoms. The molecule has 0 amide bonds. The predicted molar refractivity (Wildman–Crippen MR) is 495 cm³/mol. The second-order valence-electron chi connectivity index (χ2n) is 34.0. The Kier molecular flexibility index (Phi) is 50.2. The Morgan fingerprint density at radius 1 is 0.293 bits per heavy atom. The first-order valence-electron chi connectivity index (χ1n) is 41.7. The highest BCUT2D eigenvalue weighted by Crippen LogP contribution is 2.41. The van der Waals surface area contributed by atoms with E-state index in [1.54, 1.807) is 24.3 Å². The average molecular weight is 1790 g/mol. The highest BCUT2D eigenvalue weighted by molar-refractivity contribution is 5.85. The summed E-state index contributed by atoms with van der Waals surface area (Å²) in [5.41, 5.74) is 30.4. The van der Waals surface area contributed by atoms with Gasteiger partial charge in [-0.3, -0.25) is 0 Å². The van der Waals surface area contributed by atoms with E-state index in [1.807, 2.05) is 50.2 Å². The molecule has 0 fully saturated rings. The smallest absolute Gasteiger partial charge is 0.130 e. The lowest BCUT2D eigenvalue weighted by molar-refractivity contribution is -0.686. The highest BCUT2D eigenvalue weighted by atomic mass is 35.5. The zero-order valence-electron chi connectivity index (χ0n) is 76.0. The summed E-state index contributed by atoms with van der Waals surface area (Å²) >= 11 is 0. The maximum absolute atomic E-state index is 10.8. The third-order valence-electron chi connectivity index (χ3n) is 20.8. The van der Waals surface area contributed by atoms with Crippen LogP contribution in [0.15, 0.2) is 243 Å². The average Bonchev–Trinajstić information content (AvgIpc) is 0.781. The van der Waals surface area contributed by atoms with Crippen molar-refractivity contribution in [1.82, 2.24) is 0 Å². The quantitative estimate of drug-likeness (QED) is 0.0284. The van der Waals surface area contributed by atoms with Gasteiger partial charge in [-0.2, -0.15) is 0 Å². The van der Waals surface area contributed by atoms with E-state index in [2.05, 4.69) is 339 Å². The summed E-state index contributed by atoms with van der Waals surface area (Å²) in [6.45, 7) is 48.4. The van der Waals surface area contributed by atoms with Gasteiger partial charge in [0.2, 0.25) is 0 Å². The molecular weight excluding hydrogens is 1650 g/mol. The molecule has 0 heterocycles. The number of halogens is 6. The van der Waals surface area contributed by atoms with E-state index in [1.165, 1.54) is 89.4 Å². The van der Waals surface area contributed by atoms with Crippen LogP contribution in [0.4, 0.5) is 28.4 Å². The van der Waals surface area contributed by atoms with Gasteiger partial charge in [0.25, 0.3) is 0 Å². The molecule has 0 saturated heterocycles.